The van der Waals surface area contributed by atoms with Crippen molar-refractivity contribution in [2.45, 2.75) is 13.5 Å². The van der Waals surface area contributed by atoms with Crippen LogP contribution in [-0.4, -0.2) is 50.4 Å². The molecule has 0 radical (unpaired) electrons. The molecule has 1 aliphatic heterocycles. The van der Waals surface area contributed by atoms with Gasteiger partial charge in [-0.1, -0.05) is 6.07 Å². The lowest BCUT2D eigenvalue weighted by atomic mass is 10.00. The summed E-state index contributed by atoms with van der Waals surface area (Å²) in [6.07, 6.45) is 0. The molecule has 192 valence electrons. The van der Waals surface area contributed by atoms with Crippen molar-refractivity contribution in [1.82, 2.24) is 4.90 Å². The predicted octanol–water partition coefficient (Wildman–Crippen LogP) is 4.95. The second-order valence-electron chi connectivity index (χ2n) is 9.11. The molecule has 0 spiro atoms. The molecule has 0 atom stereocenters. The molecule has 0 saturated carbocycles. The van der Waals surface area contributed by atoms with Gasteiger partial charge in [0.1, 0.15) is 22.9 Å². The highest BCUT2D eigenvalue weighted by Crippen LogP contribution is 2.35. The summed E-state index contributed by atoms with van der Waals surface area (Å²) in [6, 6.07) is 15.0. The van der Waals surface area contributed by atoms with E-state index in [0.29, 0.717) is 51.5 Å². The van der Waals surface area contributed by atoms with Gasteiger partial charge in [-0.05, 0) is 61.0 Å². The first-order valence-corrected chi connectivity index (χ1v) is 12.1. The number of ether oxygens (including phenoxy) is 2. The molecular formula is C29H29FN2O5. The van der Waals surface area contributed by atoms with E-state index < -0.39 is 0 Å². The molecule has 3 aromatic carbocycles. The maximum Gasteiger partial charge on any atom is 0.200 e. The standard InChI is InChI=1S/C29H29FN2O5/c1-18-27(19-4-11-25(35-2)26(16-19)36-3)28(34)22-9-10-24(33)23(29(22)37-18)17-31-12-14-32(15-13-31)21-7-5-20(30)6-8-21/h4-11,16,33H,12-15,17H2,1-3H3. The fourth-order valence-electron chi connectivity index (χ4n) is 4.93. The molecule has 0 unspecified atom stereocenters. The Balaban J connectivity index is 1.44. The maximum atomic E-state index is 13.6. The number of aryl methyl sites for hydroxylation is 1. The summed E-state index contributed by atoms with van der Waals surface area (Å²) in [5.41, 5.74) is 2.90. The Morgan fingerprint density at radius 3 is 2.32 bits per heavy atom. The molecule has 37 heavy (non-hydrogen) atoms. The first kappa shape index (κ1) is 24.6. The summed E-state index contributed by atoms with van der Waals surface area (Å²) in [5, 5.41) is 11.1. The number of phenols is 1. The maximum absolute atomic E-state index is 13.6. The smallest absolute Gasteiger partial charge is 0.200 e. The first-order valence-electron chi connectivity index (χ1n) is 12.1. The zero-order valence-corrected chi connectivity index (χ0v) is 21.1. The van der Waals surface area contributed by atoms with E-state index in [1.165, 1.54) is 12.1 Å². The Morgan fingerprint density at radius 1 is 0.946 bits per heavy atom. The topological polar surface area (TPSA) is 75.4 Å². The molecule has 0 bridgehead atoms. The summed E-state index contributed by atoms with van der Waals surface area (Å²) in [5.74, 6) is 1.39. The van der Waals surface area contributed by atoms with Gasteiger partial charge in [-0.15, -0.1) is 0 Å². The highest BCUT2D eigenvalue weighted by Gasteiger charge is 2.23. The lowest BCUT2D eigenvalue weighted by Gasteiger charge is -2.36. The summed E-state index contributed by atoms with van der Waals surface area (Å²) >= 11 is 0. The molecule has 1 fully saturated rings. The van der Waals surface area contributed by atoms with Crippen molar-refractivity contribution >= 4 is 16.7 Å². The van der Waals surface area contributed by atoms with Crippen molar-refractivity contribution in [2.24, 2.45) is 0 Å². The number of halogens is 1. The van der Waals surface area contributed by atoms with E-state index in [-0.39, 0.29) is 17.0 Å². The number of hydrogen-bond donors (Lipinski definition) is 1. The molecule has 7 nitrogen and oxygen atoms in total. The summed E-state index contributed by atoms with van der Waals surface area (Å²) in [4.78, 5) is 18.0. The van der Waals surface area contributed by atoms with E-state index in [2.05, 4.69) is 9.80 Å². The lowest BCUT2D eigenvalue weighted by molar-refractivity contribution is 0.246. The average molecular weight is 505 g/mol. The van der Waals surface area contributed by atoms with Crippen LogP contribution < -0.4 is 19.8 Å². The Kier molecular flexibility index (Phi) is 6.76. The van der Waals surface area contributed by atoms with E-state index in [4.69, 9.17) is 13.9 Å². The summed E-state index contributed by atoms with van der Waals surface area (Å²) < 4.78 is 30.2. The monoisotopic (exact) mass is 504 g/mol. The van der Waals surface area contributed by atoms with E-state index in [1.54, 1.807) is 63.6 Å². The molecule has 0 aliphatic carbocycles. The van der Waals surface area contributed by atoms with Gasteiger partial charge in [0.05, 0.1) is 30.7 Å². The average Bonchev–Trinajstić information content (AvgIpc) is 2.91. The summed E-state index contributed by atoms with van der Waals surface area (Å²) in [6.45, 7) is 5.23. The van der Waals surface area contributed by atoms with Crippen molar-refractivity contribution in [1.29, 1.82) is 0 Å². The second-order valence-corrected chi connectivity index (χ2v) is 9.11. The zero-order valence-electron chi connectivity index (χ0n) is 21.1. The quantitative estimate of drug-likeness (QED) is 0.398. The fourth-order valence-corrected chi connectivity index (χ4v) is 4.93. The van der Waals surface area contributed by atoms with Crippen LogP contribution >= 0.6 is 0 Å². The molecule has 4 aromatic rings. The minimum absolute atomic E-state index is 0.0925. The molecule has 5 rings (SSSR count). The Hall–Kier alpha value is -4.04. The van der Waals surface area contributed by atoms with E-state index in [9.17, 15) is 14.3 Å². The van der Waals surface area contributed by atoms with Gasteiger partial charge in [0.15, 0.2) is 11.5 Å². The van der Waals surface area contributed by atoms with Gasteiger partial charge in [-0.25, -0.2) is 4.39 Å². The molecular weight excluding hydrogens is 475 g/mol. The number of hydrogen-bond acceptors (Lipinski definition) is 7. The van der Waals surface area contributed by atoms with Crippen LogP contribution in [0.3, 0.4) is 0 Å². The van der Waals surface area contributed by atoms with Crippen LogP contribution in [0.5, 0.6) is 17.2 Å². The molecule has 1 saturated heterocycles. The zero-order chi connectivity index (χ0) is 26.1. The van der Waals surface area contributed by atoms with Crippen LogP contribution in [0, 0.1) is 12.7 Å². The fraction of sp³-hybridized carbons (Fsp3) is 0.276. The molecule has 2 heterocycles. The normalized spacial score (nSPS) is 14.2. The third-order valence-corrected chi connectivity index (χ3v) is 6.93. The number of fused-ring (bicyclic) bond motifs is 1. The predicted molar refractivity (Wildman–Crippen MR) is 141 cm³/mol. The minimum atomic E-state index is -0.250. The van der Waals surface area contributed by atoms with Gasteiger partial charge >= 0.3 is 0 Å². The van der Waals surface area contributed by atoms with Crippen molar-refractivity contribution in [3.8, 4) is 28.4 Å². The van der Waals surface area contributed by atoms with Crippen molar-refractivity contribution in [3.05, 3.63) is 82.0 Å². The largest absolute Gasteiger partial charge is 0.507 e. The van der Waals surface area contributed by atoms with Gasteiger partial charge in [0.2, 0.25) is 5.43 Å². The van der Waals surface area contributed by atoms with Crippen LogP contribution in [0.15, 0.2) is 63.8 Å². The van der Waals surface area contributed by atoms with Gasteiger partial charge in [0, 0.05) is 38.4 Å². The van der Waals surface area contributed by atoms with Gasteiger partial charge in [0.25, 0.3) is 0 Å². The van der Waals surface area contributed by atoms with Crippen molar-refractivity contribution in [3.63, 3.8) is 0 Å². The SMILES string of the molecule is COc1ccc(-c2c(C)oc3c(CN4CCN(c5ccc(F)cc5)CC4)c(O)ccc3c2=O)cc1OC. The van der Waals surface area contributed by atoms with Gasteiger partial charge < -0.3 is 23.9 Å². The van der Waals surface area contributed by atoms with Crippen LogP contribution in [0.2, 0.25) is 0 Å². The van der Waals surface area contributed by atoms with Gasteiger partial charge in [-0.3, -0.25) is 9.69 Å². The number of nitrogens with zero attached hydrogens (tertiary/aromatic N) is 2. The number of phenolic OH excluding ortho intramolecular Hbond substituents is 1. The number of piperazine rings is 1. The van der Waals surface area contributed by atoms with Crippen LogP contribution in [0.1, 0.15) is 11.3 Å². The number of methoxy groups -OCH3 is 2. The van der Waals surface area contributed by atoms with Crippen molar-refractivity contribution in [2.75, 3.05) is 45.3 Å². The first-order chi connectivity index (χ1) is 17.9. The van der Waals surface area contributed by atoms with Crippen LogP contribution in [-0.2, 0) is 6.54 Å². The molecule has 1 N–H and O–H groups in total. The third kappa shape index (κ3) is 4.72. The highest BCUT2D eigenvalue weighted by molar-refractivity contribution is 5.87. The highest BCUT2D eigenvalue weighted by atomic mass is 19.1. The number of benzene rings is 3. The number of rotatable bonds is 6. The Bertz CT molecular complexity index is 1490. The van der Waals surface area contributed by atoms with E-state index >= 15 is 0 Å². The lowest BCUT2D eigenvalue weighted by Crippen LogP contribution is -2.46. The second kappa shape index (κ2) is 10.1. The van der Waals surface area contributed by atoms with Crippen molar-refractivity contribution < 1.29 is 23.4 Å². The van der Waals surface area contributed by atoms with Crippen LogP contribution in [0.4, 0.5) is 10.1 Å². The third-order valence-electron chi connectivity index (χ3n) is 6.93. The Morgan fingerprint density at radius 2 is 1.65 bits per heavy atom. The van der Waals surface area contributed by atoms with E-state index in [1.807, 2.05) is 0 Å². The van der Waals surface area contributed by atoms with E-state index in [0.717, 1.165) is 31.9 Å². The molecule has 1 aromatic heterocycles. The number of anilines is 1. The minimum Gasteiger partial charge on any atom is -0.507 e. The Labute approximate surface area is 214 Å². The molecule has 0 amide bonds. The molecule has 1 aliphatic rings. The van der Waals surface area contributed by atoms with Crippen LogP contribution in [0.25, 0.3) is 22.1 Å². The van der Waals surface area contributed by atoms with Gasteiger partial charge in [-0.2, -0.15) is 0 Å². The molecule has 8 heteroatoms. The number of aromatic hydroxyl groups is 1. The summed E-state index contributed by atoms with van der Waals surface area (Å²) in [7, 11) is 3.11.